The first kappa shape index (κ1) is 12.5. The van der Waals surface area contributed by atoms with Crippen LogP contribution in [0.15, 0.2) is 18.3 Å². The molecule has 1 saturated heterocycles. The Balaban J connectivity index is 2.00. The van der Waals surface area contributed by atoms with E-state index in [9.17, 15) is 5.11 Å². The Kier molecular flexibility index (Phi) is 4.51. The van der Waals surface area contributed by atoms with Crippen molar-refractivity contribution in [1.29, 1.82) is 0 Å². The highest BCUT2D eigenvalue weighted by Crippen LogP contribution is 2.28. The lowest BCUT2D eigenvalue weighted by Crippen LogP contribution is -2.30. The summed E-state index contributed by atoms with van der Waals surface area (Å²) in [4.78, 5) is 4.41. The number of hydrogen-bond acceptors (Lipinski definition) is 3. The first-order valence-electron chi connectivity index (χ1n) is 6.65. The second-order valence-corrected chi connectivity index (χ2v) is 4.87. The van der Waals surface area contributed by atoms with E-state index < -0.39 is 0 Å². The van der Waals surface area contributed by atoms with Gasteiger partial charge in [-0.2, -0.15) is 0 Å². The van der Waals surface area contributed by atoms with Gasteiger partial charge in [0.1, 0.15) is 0 Å². The molecular weight excluding hydrogens is 212 g/mol. The minimum Gasteiger partial charge on any atom is -0.388 e. The monoisotopic (exact) mass is 234 g/mol. The fourth-order valence-corrected chi connectivity index (χ4v) is 2.45. The molecule has 1 aromatic heterocycles. The molecule has 1 aliphatic heterocycles. The van der Waals surface area contributed by atoms with Gasteiger partial charge < -0.3 is 10.4 Å². The Morgan fingerprint density at radius 3 is 2.76 bits per heavy atom. The van der Waals surface area contributed by atoms with Gasteiger partial charge in [-0.1, -0.05) is 19.4 Å². The number of nitrogens with one attached hydrogen (secondary N) is 1. The third-order valence-electron chi connectivity index (χ3n) is 3.53. The standard InChI is InChI=1S/C14H22N2O/c1-2-3-13-5-4-12(10-16-13)14(17)11-6-8-15-9-7-11/h4-5,10-11,14-15,17H,2-3,6-9H2,1H3. The fraction of sp³-hybridized carbons (Fsp3) is 0.643. The van der Waals surface area contributed by atoms with E-state index in [2.05, 4.69) is 17.2 Å². The van der Waals surface area contributed by atoms with Gasteiger partial charge in [0, 0.05) is 11.9 Å². The SMILES string of the molecule is CCCc1ccc(C(O)C2CCNCC2)cn1. The molecule has 3 heteroatoms. The first-order valence-corrected chi connectivity index (χ1v) is 6.65. The van der Waals surface area contributed by atoms with Crippen LogP contribution in [-0.2, 0) is 6.42 Å². The van der Waals surface area contributed by atoms with Crippen LogP contribution in [0.3, 0.4) is 0 Å². The summed E-state index contributed by atoms with van der Waals surface area (Å²) >= 11 is 0. The molecule has 1 aromatic rings. The predicted molar refractivity (Wildman–Crippen MR) is 68.8 cm³/mol. The van der Waals surface area contributed by atoms with E-state index in [1.807, 2.05) is 18.3 Å². The molecule has 0 bridgehead atoms. The van der Waals surface area contributed by atoms with Gasteiger partial charge in [0.15, 0.2) is 0 Å². The molecule has 2 N–H and O–H groups in total. The van der Waals surface area contributed by atoms with Crippen molar-refractivity contribution in [1.82, 2.24) is 10.3 Å². The van der Waals surface area contributed by atoms with Crippen molar-refractivity contribution in [2.75, 3.05) is 13.1 Å². The van der Waals surface area contributed by atoms with E-state index in [1.54, 1.807) is 0 Å². The van der Waals surface area contributed by atoms with Gasteiger partial charge >= 0.3 is 0 Å². The van der Waals surface area contributed by atoms with Gasteiger partial charge in [0.2, 0.25) is 0 Å². The molecule has 1 unspecified atom stereocenters. The molecule has 0 radical (unpaired) electrons. The van der Waals surface area contributed by atoms with Crippen LogP contribution >= 0.6 is 0 Å². The molecule has 17 heavy (non-hydrogen) atoms. The maximum absolute atomic E-state index is 10.3. The van der Waals surface area contributed by atoms with Crippen LogP contribution in [0.5, 0.6) is 0 Å². The number of pyridine rings is 1. The summed E-state index contributed by atoms with van der Waals surface area (Å²) in [6, 6.07) is 4.08. The third-order valence-corrected chi connectivity index (χ3v) is 3.53. The zero-order chi connectivity index (χ0) is 12.1. The minimum absolute atomic E-state index is 0.347. The Morgan fingerprint density at radius 1 is 1.41 bits per heavy atom. The number of hydrogen-bond donors (Lipinski definition) is 2. The second kappa shape index (κ2) is 6.12. The fourth-order valence-electron chi connectivity index (χ4n) is 2.45. The third kappa shape index (κ3) is 3.27. The van der Waals surface area contributed by atoms with E-state index in [1.165, 1.54) is 0 Å². The van der Waals surface area contributed by atoms with Gasteiger partial charge in [-0.05, 0) is 49.9 Å². The molecule has 1 atom stereocenters. The topological polar surface area (TPSA) is 45.1 Å². The van der Waals surface area contributed by atoms with E-state index in [0.717, 1.165) is 50.0 Å². The highest BCUT2D eigenvalue weighted by molar-refractivity contribution is 5.17. The molecule has 3 nitrogen and oxygen atoms in total. The number of aliphatic hydroxyl groups excluding tert-OH is 1. The lowest BCUT2D eigenvalue weighted by molar-refractivity contribution is 0.0886. The Labute approximate surface area is 103 Å². The summed E-state index contributed by atoms with van der Waals surface area (Å²) < 4.78 is 0. The average Bonchev–Trinajstić information content (AvgIpc) is 2.40. The molecule has 1 fully saturated rings. The molecule has 0 amide bonds. The van der Waals surface area contributed by atoms with Crippen LogP contribution < -0.4 is 5.32 Å². The maximum atomic E-state index is 10.3. The molecular formula is C14H22N2O. The van der Waals surface area contributed by atoms with Crippen molar-refractivity contribution in [3.63, 3.8) is 0 Å². The Morgan fingerprint density at radius 2 is 2.18 bits per heavy atom. The molecule has 0 spiro atoms. The Bertz CT molecular complexity index is 331. The highest BCUT2D eigenvalue weighted by Gasteiger charge is 2.22. The molecule has 94 valence electrons. The number of rotatable bonds is 4. The smallest absolute Gasteiger partial charge is 0.0833 e. The Hall–Kier alpha value is -0.930. The lowest BCUT2D eigenvalue weighted by atomic mass is 9.89. The van der Waals surface area contributed by atoms with Crippen LogP contribution in [0.2, 0.25) is 0 Å². The quantitative estimate of drug-likeness (QED) is 0.838. The van der Waals surface area contributed by atoms with Crippen molar-refractivity contribution >= 4 is 0 Å². The first-order chi connectivity index (χ1) is 8.31. The predicted octanol–water partition coefficient (Wildman–Crippen LogP) is 2.07. The molecule has 2 rings (SSSR count). The van der Waals surface area contributed by atoms with Crippen LogP contribution in [0.1, 0.15) is 43.5 Å². The largest absolute Gasteiger partial charge is 0.388 e. The number of nitrogens with zero attached hydrogens (tertiary/aromatic N) is 1. The van der Waals surface area contributed by atoms with Gasteiger partial charge in [-0.15, -0.1) is 0 Å². The summed E-state index contributed by atoms with van der Waals surface area (Å²) in [6.45, 7) is 4.19. The molecule has 0 saturated carbocycles. The summed E-state index contributed by atoms with van der Waals surface area (Å²) in [5.74, 6) is 0.384. The zero-order valence-corrected chi connectivity index (χ0v) is 10.5. The van der Waals surface area contributed by atoms with Crippen molar-refractivity contribution in [3.05, 3.63) is 29.6 Å². The summed E-state index contributed by atoms with van der Waals surface area (Å²) in [5, 5.41) is 13.6. The van der Waals surface area contributed by atoms with Gasteiger partial charge in [0.05, 0.1) is 6.10 Å². The van der Waals surface area contributed by atoms with Gasteiger partial charge in [-0.3, -0.25) is 4.98 Å². The average molecular weight is 234 g/mol. The van der Waals surface area contributed by atoms with Crippen LogP contribution in [0.4, 0.5) is 0 Å². The molecule has 2 heterocycles. The number of aromatic nitrogens is 1. The van der Waals surface area contributed by atoms with E-state index in [4.69, 9.17) is 0 Å². The van der Waals surface area contributed by atoms with E-state index >= 15 is 0 Å². The molecule has 0 aromatic carbocycles. The number of piperidine rings is 1. The minimum atomic E-state index is -0.347. The second-order valence-electron chi connectivity index (χ2n) is 4.87. The van der Waals surface area contributed by atoms with E-state index in [-0.39, 0.29) is 6.10 Å². The lowest BCUT2D eigenvalue weighted by Gasteiger charge is -2.27. The zero-order valence-electron chi connectivity index (χ0n) is 10.5. The van der Waals surface area contributed by atoms with Gasteiger partial charge in [-0.25, -0.2) is 0 Å². The number of aliphatic hydroxyl groups is 1. The highest BCUT2D eigenvalue weighted by atomic mass is 16.3. The summed E-state index contributed by atoms with van der Waals surface area (Å²) in [6.07, 6.45) is 5.74. The summed E-state index contributed by atoms with van der Waals surface area (Å²) in [5.41, 5.74) is 2.09. The van der Waals surface area contributed by atoms with Crippen molar-refractivity contribution in [2.45, 2.75) is 38.7 Å². The number of aryl methyl sites for hydroxylation is 1. The van der Waals surface area contributed by atoms with Crippen molar-refractivity contribution < 1.29 is 5.11 Å². The summed E-state index contributed by atoms with van der Waals surface area (Å²) in [7, 11) is 0. The van der Waals surface area contributed by atoms with Crippen molar-refractivity contribution in [2.24, 2.45) is 5.92 Å². The van der Waals surface area contributed by atoms with Crippen LogP contribution in [0.25, 0.3) is 0 Å². The van der Waals surface area contributed by atoms with Gasteiger partial charge in [0.25, 0.3) is 0 Å². The van der Waals surface area contributed by atoms with Crippen LogP contribution in [-0.4, -0.2) is 23.2 Å². The van der Waals surface area contributed by atoms with Crippen LogP contribution in [0, 0.1) is 5.92 Å². The molecule has 1 aliphatic rings. The molecule has 0 aliphatic carbocycles. The maximum Gasteiger partial charge on any atom is 0.0833 e. The van der Waals surface area contributed by atoms with E-state index in [0.29, 0.717) is 5.92 Å². The van der Waals surface area contributed by atoms with Crippen molar-refractivity contribution in [3.8, 4) is 0 Å². The normalized spacial score (nSPS) is 19.2.